The van der Waals surface area contributed by atoms with Crippen LogP contribution in [0.3, 0.4) is 0 Å². The molecule has 1 fully saturated rings. The van der Waals surface area contributed by atoms with E-state index in [2.05, 4.69) is 23.6 Å². The van der Waals surface area contributed by atoms with Crippen LogP contribution in [0, 0.1) is 11.3 Å². The van der Waals surface area contributed by atoms with E-state index < -0.39 is 10.0 Å². The first kappa shape index (κ1) is 13.3. The number of hydrogen-bond donors (Lipinski definition) is 2. The molecule has 2 rings (SSSR count). The second-order valence-electron chi connectivity index (χ2n) is 5.23. The molecule has 1 heterocycles. The van der Waals surface area contributed by atoms with Crippen LogP contribution in [0.15, 0.2) is 28.0 Å². The summed E-state index contributed by atoms with van der Waals surface area (Å²) < 4.78 is 26.6. The quantitative estimate of drug-likeness (QED) is 0.840. The molecule has 18 heavy (non-hydrogen) atoms. The van der Waals surface area contributed by atoms with E-state index in [0.717, 1.165) is 12.8 Å². The summed E-state index contributed by atoms with van der Waals surface area (Å²) >= 11 is 0. The molecule has 0 amide bonds. The van der Waals surface area contributed by atoms with Crippen molar-refractivity contribution >= 4 is 10.0 Å². The first-order chi connectivity index (χ1) is 8.36. The topological polar surface area (TPSA) is 79.0 Å². The Morgan fingerprint density at radius 1 is 1.39 bits per heavy atom. The maximum Gasteiger partial charge on any atom is 0.247 e. The summed E-state index contributed by atoms with van der Waals surface area (Å²) in [7, 11) is -3.52. The molecule has 5 nitrogen and oxygen atoms in total. The maximum absolute atomic E-state index is 12.0. The summed E-state index contributed by atoms with van der Waals surface area (Å²) in [6.07, 6.45) is 3.36. The third-order valence-corrected chi connectivity index (χ3v) is 5.20. The Balaban J connectivity index is 2.09. The zero-order chi connectivity index (χ0) is 13.4. The van der Waals surface area contributed by atoms with Crippen LogP contribution in [0.4, 0.5) is 0 Å². The molecule has 0 aliphatic heterocycles. The van der Waals surface area contributed by atoms with Crippen LogP contribution in [-0.2, 0) is 10.0 Å². The summed E-state index contributed by atoms with van der Waals surface area (Å²) in [5.74, 6) is 0.468. The second-order valence-corrected chi connectivity index (χ2v) is 7.00. The van der Waals surface area contributed by atoms with Gasteiger partial charge in [0, 0.05) is 18.8 Å². The number of H-pyrrole nitrogens is 1. The minimum Gasteiger partial charge on any atom is -0.328 e. The Morgan fingerprint density at radius 3 is 2.50 bits per heavy atom. The fourth-order valence-corrected chi connectivity index (χ4v) is 3.11. The number of nitrogens with one attached hydrogen (secondary N) is 2. The van der Waals surface area contributed by atoms with Crippen molar-refractivity contribution in [3.8, 4) is 0 Å². The molecule has 0 spiro atoms. The Bertz CT molecular complexity index is 565. The van der Waals surface area contributed by atoms with Crippen molar-refractivity contribution in [2.45, 2.75) is 31.6 Å². The van der Waals surface area contributed by atoms with E-state index in [1.54, 1.807) is 0 Å². The van der Waals surface area contributed by atoms with Gasteiger partial charge in [0.05, 0.1) is 4.90 Å². The molecule has 1 saturated carbocycles. The minimum atomic E-state index is -3.52. The lowest BCUT2D eigenvalue weighted by atomic mass is 9.93. The van der Waals surface area contributed by atoms with E-state index >= 15 is 0 Å². The first-order valence-corrected chi connectivity index (χ1v) is 7.52. The highest BCUT2D eigenvalue weighted by Crippen LogP contribution is 2.51. The fourth-order valence-electron chi connectivity index (χ4n) is 2.00. The summed E-state index contributed by atoms with van der Waals surface area (Å²) in [4.78, 5) is 13.4. The number of rotatable bonds is 5. The lowest BCUT2D eigenvalue weighted by molar-refractivity contribution is 0.357. The standard InChI is InChI=1S/C12H18N2O3S/c1-9(2)12(5-6-12)8-14-18(16,17)10-3-4-11(15)13-7-10/h3-4,7,9,14H,5-6,8H2,1-2H3,(H,13,15). The van der Waals surface area contributed by atoms with E-state index in [4.69, 9.17) is 0 Å². The van der Waals surface area contributed by atoms with Gasteiger partial charge in [-0.1, -0.05) is 13.8 Å². The van der Waals surface area contributed by atoms with Crippen molar-refractivity contribution in [1.82, 2.24) is 9.71 Å². The third kappa shape index (κ3) is 2.64. The Morgan fingerprint density at radius 2 is 2.06 bits per heavy atom. The number of aromatic nitrogens is 1. The summed E-state index contributed by atoms with van der Waals surface area (Å²) in [5, 5.41) is 0. The first-order valence-electron chi connectivity index (χ1n) is 6.04. The number of hydrogen-bond acceptors (Lipinski definition) is 3. The third-order valence-electron chi connectivity index (χ3n) is 3.80. The van der Waals surface area contributed by atoms with Crippen LogP contribution >= 0.6 is 0 Å². The van der Waals surface area contributed by atoms with Gasteiger partial charge in [-0.15, -0.1) is 0 Å². The molecule has 0 radical (unpaired) electrons. The van der Waals surface area contributed by atoms with Crippen LogP contribution in [-0.4, -0.2) is 19.9 Å². The van der Waals surface area contributed by atoms with Crippen LogP contribution in [0.25, 0.3) is 0 Å². The highest BCUT2D eigenvalue weighted by atomic mass is 32.2. The highest BCUT2D eigenvalue weighted by molar-refractivity contribution is 7.89. The Labute approximate surface area is 107 Å². The van der Waals surface area contributed by atoms with Crippen molar-refractivity contribution in [1.29, 1.82) is 0 Å². The molecule has 1 aliphatic carbocycles. The number of pyridine rings is 1. The van der Waals surface area contributed by atoms with Crippen molar-refractivity contribution in [3.05, 3.63) is 28.7 Å². The molecule has 1 aliphatic rings. The molecule has 0 atom stereocenters. The minimum absolute atomic E-state index is 0.0988. The smallest absolute Gasteiger partial charge is 0.247 e. The van der Waals surface area contributed by atoms with Gasteiger partial charge >= 0.3 is 0 Å². The van der Waals surface area contributed by atoms with Gasteiger partial charge in [-0.3, -0.25) is 4.79 Å². The fraction of sp³-hybridized carbons (Fsp3) is 0.583. The van der Waals surface area contributed by atoms with E-state index in [1.807, 2.05) is 0 Å². The Hall–Kier alpha value is -1.14. The van der Waals surface area contributed by atoms with E-state index in [9.17, 15) is 13.2 Å². The normalized spacial score (nSPS) is 17.9. The Kier molecular flexibility index (Phi) is 3.33. The molecule has 2 N–H and O–H groups in total. The summed E-state index contributed by atoms with van der Waals surface area (Å²) in [6.45, 7) is 4.69. The maximum atomic E-state index is 12.0. The van der Waals surface area contributed by atoms with Gasteiger partial charge in [-0.2, -0.15) is 0 Å². The van der Waals surface area contributed by atoms with Gasteiger partial charge < -0.3 is 4.98 Å². The van der Waals surface area contributed by atoms with Crippen LogP contribution in [0.1, 0.15) is 26.7 Å². The van der Waals surface area contributed by atoms with Gasteiger partial charge in [0.2, 0.25) is 15.6 Å². The molecule has 0 bridgehead atoms. The van der Waals surface area contributed by atoms with E-state index in [1.165, 1.54) is 18.3 Å². The van der Waals surface area contributed by atoms with Crippen LogP contribution < -0.4 is 10.3 Å². The average molecular weight is 270 g/mol. The van der Waals surface area contributed by atoms with Gasteiger partial charge in [0.25, 0.3) is 0 Å². The average Bonchev–Trinajstić information content (AvgIpc) is 3.08. The molecule has 1 aromatic heterocycles. The lowest BCUT2D eigenvalue weighted by Crippen LogP contribution is -2.32. The largest absolute Gasteiger partial charge is 0.328 e. The van der Waals surface area contributed by atoms with Crippen molar-refractivity contribution < 1.29 is 8.42 Å². The van der Waals surface area contributed by atoms with Crippen molar-refractivity contribution in [3.63, 3.8) is 0 Å². The molecule has 0 aromatic carbocycles. The molecule has 6 heteroatoms. The van der Waals surface area contributed by atoms with Gasteiger partial charge in [-0.25, -0.2) is 13.1 Å². The van der Waals surface area contributed by atoms with E-state index in [0.29, 0.717) is 12.5 Å². The predicted octanol–water partition coefficient (Wildman–Crippen LogP) is 1.09. The van der Waals surface area contributed by atoms with Crippen LogP contribution in [0.2, 0.25) is 0 Å². The molecule has 0 unspecified atom stereocenters. The number of sulfonamides is 1. The number of aromatic amines is 1. The molecular formula is C12H18N2O3S. The molecular weight excluding hydrogens is 252 g/mol. The van der Waals surface area contributed by atoms with Gasteiger partial charge in [-0.05, 0) is 30.2 Å². The zero-order valence-electron chi connectivity index (χ0n) is 10.6. The predicted molar refractivity (Wildman–Crippen MR) is 68.8 cm³/mol. The van der Waals surface area contributed by atoms with Gasteiger partial charge in [0.1, 0.15) is 0 Å². The summed E-state index contributed by atoms with van der Waals surface area (Å²) in [6, 6.07) is 2.53. The van der Waals surface area contributed by atoms with Crippen molar-refractivity contribution in [2.24, 2.45) is 11.3 Å². The molecule has 0 saturated heterocycles. The summed E-state index contributed by atoms with van der Waals surface area (Å²) in [5.41, 5.74) is -0.190. The zero-order valence-corrected chi connectivity index (χ0v) is 11.4. The SMILES string of the molecule is CC(C)C1(CNS(=O)(=O)c2ccc(=O)[nH]c2)CC1. The monoisotopic (exact) mass is 270 g/mol. The van der Waals surface area contributed by atoms with E-state index in [-0.39, 0.29) is 15.9 Å². The highest BCUT2D eigenvalue weighted by Gasteiger charge is 2.45. The van der Waals surface area contributed by atoms with Gasteiger partial charge in [0.15, 0.2) is 0 Å². The van der Waals surface area contributed by atoms with Crippen LogP contribution in [0.5, 0.6) is 0 Å². The second kappa shape index (κ2) is 4.51. The molecule has 1 aromatic rings. The molecule has 100 valence electrons. The lowest BCUT2D eigenvalue weighted by Gasteiger charge is -2.19. The van der Waals surface area contributed by atoms with Crippen molar-refractivity contribution in [2.75, 3.05) is 6.54 Å².